The molecule has 112 valence electrons. The van der Waals surface area contributed by atoms with Crippen LogP contribution < -0.4 is 4.90 Å². The average molecular weight is 285 g/mol. The molecule has 2 aromatic rings. The van der Waals surface area contributed by atoms with Crippen LogP contribution in [0.2, 0.25) is 0 Å². The molecule has 1 aliphatic heterocycles. The van der Waals surface area contributed by atoms with Crippen molar-refractivity contribution in [1.29, 1.82) is 0 Å². The molecule has 3 heterocycles. The lowest BCUT2D eigenvalue weighted by Gasteiger charge is -2.37. The molecule has 0 aliphatic carbocycles. The van der Waals surface area contributed by atoms with Gasteiger partial charge in [0.1, 0.15) is 18.0 Å². The summed E-state index contributed by atoms with van der Waals surface area (Å²) in [5.41, 5.74) is 1.69. The third-order valence-electron chi connectivity index (χ3n) is 4.39. The number of pyridine rings is 1. The third kappa shape index (κ3) is 3.23. The zero-order valence-corrected chi connectivity index (χ0v) is 13.1. The van der Waals surface area contributed by atoms with Gasteiger partial charge in [0.05, 0.1) is 6.54 Å². The summed E-state index contributed by atoms with van der Waals surface area (Å²) in [5.74, 6) is 2.02. The molecule has 0 saturated carbocycles. The summed E-state index contributed by atoms with van der Waals surface area (Å²) in [6.45, 7) is 9.60. The monoisotopic (exact) mass is 285 g/mol. The minimum Gasteiger partial charge on any atom is -0.357 e. The first-order chi connectivity index (χ1) is 10.0. The van der Waals surface area contributed by atoms with E-state index in [4.69, 9.17) is 0 Å². The third-order valence-corrected chi connectivity index (χ3v) is 4.39. The quantitative estimate of drug-likeness (QED) is 0.870. The standard InChI is InChI=1S/C16H23N5/c1-13-18-12-19-21(13)11-14-4-7-17-15(10-14)20-8-5-16(2,3)6-9-20/h4,7,10,12H,5-6,8-9,11H2,1-3H3. The van der Waals surface area contributed by atoms with Crippen LogP contribution >= 0.6 is 0 Å². The van der Waals surface area contributed by atoms with Gasteiger partial charge in [-0.25, -0.2) is 14.6 Å². The predicted octanol–water partition coefficient (Wildman–Crippen LogP) is 2.66. The van der Waals surface area contributed by atoms with Crippen LogP contribution in [0.5, 0.6) is 0 Å². The van der Waals surface area contributed by atoms with E-state index in [1.165, 1.54) is 18.4 Å². The molecule has 0 bridgehead atoms. The van der Waals surface area contributed by atoms with Gasteiger partial charge >= 0.3 is 0 Å². The van der Waals surface area contributed by atoms with E-state index >= 15 is 0 Å². The van der Waals surface area contributed by atoms with Gasteiger partial charge in [-0.1, -0.05) is 13.8 Å². The number of nitrogens with zero attached hydrogens (tertiary/aromatic N) is 5. The van der Waals surface area contributed by atoms with Crippen molar-refractivity contribution in [1.82, 2.24) is 19.7 Å². The van der Waals surface area contributed by atoms with Crippen LogP contribution in [0, 0.1) is 12.3 Å². The first-order valence-electron chi connectivity index (χ1n) is 7.58. The summed E-state index contributed by atoms with van der Waals surface area (Å²) in [6.07, 6.45) is 5.95. The fraction of sp³-hybridized carbons (Fsp3) is 0.562. The molecular weight excluding hydrogens is 262 g/mol. The van der Waals surface area contributed by atoms with Gasteiger partial charge in [-0.2, -0.15) is 5.10 Å². The fourth-order valence-corrected chi connectivity index (χ4v) is 2.72. The molecular formula is C16H23N5. The maximum absolute atomic E-state index is 4.54. The second-order valence-corrected chi connectivity index (χ2v) is 6.64. The van der Waals surface area contributed by atoms with Crippen molar-refractivity contribution in [3.63, 3.8) is 0 Å². The molecule has 0 radical (unpaired) electrons. The molecule has 0 spiro atoms. The smallest absolute Gasteiger partial charge is 0.138 e. The van der Waals surface area contributed by atoms with Crippen LogP contribution in [-0.2, 0) is 6.54 Å². The lowest BCUT2D eigenvalue weighted by molar-refractivity contribution is 0.279. The van der Waals surface area contributed by atoms with Crippen molar-refractivity contribution >= 4 is 5.82 Å². The number of aromatic nitrogens is 4. The molecule has 21 heavy (non-hydrogen) atoms. The van der Waals surface area contributed by atoms with E-state index in [2.05, 4.69) is 45.9 Å². The Morgan fingerprint density at radius 1 is 1.19 bits per heavy atom. The molecule has 1 aliphatic rings. The van der Waals surface area contributed by atoms with E-state index in [9.17, 15) is 0 Å². The number of rotatable bonds is 3. The van der Waals surface area contributed by atoms with Crippen molar-refractivity contribution in [2.24, 2.45) is 5.41 Å². The molecule has 5 heteroatoms. The van der Waals surface area contributed by atoms with Gasteiger partial charge in [0.25, 0.3) is 0 Å². The van der Waals surface area contributed by atoms with E-state index < -0.39 is 0 Å². The van der Waals surface area contributed by atoms with Gasteiger partial charge in [0.2, 0.25) is 0 Å². The minimum atomic E-state index is 0.464. The number of piperidine rings is 1. The van der Waals surface area contributed by atoms with Crippen LogP contribution in [0.4, 0.5) is 5.82 Å². The van der Waals surface area contributed by atoms with Crippen molar-refractivity contribution in [3.05, 3.63) is 36.0 Å². The van der Waals surface area contributed by atoms with Crippen LogP contribution in [0.1, 0.15) is 38.1 Å². The molecule has 1 fully saturated rings. The van der Waals surface area contributed by atoms with E-state index in [1.807, 2.05) is 17.8 Å². The number of hydrogen-bond acceptors (Lipinski definition) is 4. The van der Waals surface area contributed by atoms with E-state index in [-0.39, 0.29) is 0 Å². The summed E-state index contributed by atoms with van der Waals surface area (Å²) in [7, 11) is 0. The average Bonchev–Trinajstić information content (AvgIpc) is 2.85. The zero-order valence-electron chi connectivity index (χ0n) is 13.1. The molecule has 0 aromatic carbocycles. The zero-order chi connectivity index (χ0) is 14.9. The molecule has 5 nitrogen and oxygen atoms in total. The lowest BCUT2D eigenvalue weighted by Crippen LogP contribution is -2.37. The first kappa shape index (κ1) is 14.0. The Morgan fingerprint density at radius 2 is 1.95 bits per heavy atom. The molecule has 0 amide bonds. The summed E-state index contributed by atoms with van der Waals surface area (Å²) >= 11 is 0. The maximum Gasteiger partial charge on any atom is 0.138 e. The molecule has 1 saturated heterocycles. The SMILES string of the molecule is Cc1ncnn1Cc1ccnc(N2CCC(C)(C)CC2)c1. The Morgan fingerprint density at radius 3 is 2.62 bits per heavy atom. The summed E-state index contributed by atoms with van der Waals surface area (Å²) in [6, 6.07) is 4.23. The van der Waals surface area contributed by atoms with Gasteiger partial charge in [0, 0.05) is 19.3 Å². The van der Waals surface area contributed by atoms with E-state index in [1.54, 1.807) is 6.33 Å². The van der Waals surface area contributed by atoms with Crippen molar-refractivity contribution in [3.8, 4) is 0 Å². The molecule has 3 rings (SSSR count). The Balaban J connectivity index is 1.73. The Bertz CT molecular complexity index is 607. The number of hydrogen-bond donors (Lipinski definition) is 0. The van der Waals surface area contributed by atoms with Gasteiger partial charge in [-0.3, -0.25) is 0 Å². The molecule has 0 unspecified atom stereocenters. The topological polar surface area (TPSA) is 46.8 Å². The first-order valence-corrected chi connectivity index (χ1v) is 7.58. The predicted molar refractivity (Wildman–Crippen MR) is 83.3 cm³/mol. The van der Waals surface area contributed by atoms with Crippen molar-refractivity contribution in [2.75, 3.05) is 18.0 Å². The maximum atomic E-state index is 4.54. The van der Waals surface area contributed by atoms with Crippen molar-refractivity contribution in [2.45, 2.75) is 40.2 Å². The normalized spacial score (nSPS) is 18.0. The van der Waals surface area contributed by atoms with E-state index in [0.29, 0.717) is 5.41 Å². The highest BCUT2D eigenvalue weighted by Crippen LogP contribution is 2.31. The van der Waals surface area contributed by atoms with Crippen LogP contribution in [-0.4, -0.2) is 32.8 Å². The van der Waals surface area contributed by atoms with Gasteiger partial charge < -0.3 is 4.90 Å². The highest BCUT2D eigenvalue weighted by atomic mass is 15.3. The largest absolute Gasteiger partial charge is 0.357 e. The highest BCUT2D eigenvalue weighted by molar-refractivity contribution is 5.41. The molecule has 0 atom stereocenters. The Kier molecular flexibility index (Phi) is 3.66. The Hall–Kier alpha value is -1.91. The van der Waals surface area contributed by atoms with Crippen LogP contribution in [0.15, 0.2) is 24.7 Å². The minimum absolute atomic E-state index is 0.464. The summed E-state index contributed by atoms with van der Waals surface area (Å²) in [5, 5.41) is 4.24. The lowest BCUT2D eigenvalue weighted by atomic mass is 9.83. The summed E-state index contributed by atoms with van der Waals surface area (Å²) in [4.78, 5) is 11.1. The number of aryl methyl sites for hydroxylation is 1. The fourth-order valence-electron chi connectivity index (χ4n) is 2.72. The Labute approximate surface area is 126 Å². The van der Waals surface area contributed by atoms with Crippen LogP contribution in [0.25, 0.3) is 0 Å². The summed E-state index contributed by atoms with van der Waals surface area (Å²) < 4.78 is 1.92. The number of anilines is 1. The van der Waals surface area contributed by atoms with Gasteiger partial charge in [-0.05, 0) is 42.9 Å². The second-order valence-electron chi connectivity index (χ2n) is 6.64. The van der Waals surface area contributed by atoms with Crippen LogP contribution in [0.3, 0.4) is 0 Å². The van der Waals surface area contributed by atoms with Crippen molar-refractivity contribution < 1.29 is 0 Å². The van der Waals surface area contributed by atoms with Gasteiger partial charge in [-0.15, -0.1) is 0 Å². The molecule has 0 N–H and O–H groups in total. The molecule has 2 aromatic heterocycles. The van der Waals surface area contributed by atoms with Gasteiger partial charge in [0.15, 0.2) is 0 Å². The van der Waals surface area contributed by atoms with E-state index in [0.717, 1.165) is 31.3 Å². The highest BCUT2D eigenvalue weighted by Gasteiger charge is 2.25. The second kappa shape index (κ2) is 5.47.